The van der Waals surface area contributed by atoms with Crippen molar-refractivity contribution in [3.05, 3.63) is 59.9 Å². The highest BCUT2D eigenvalue weighted by Gasteiger charge is 2.29. The monoisotopic (exact) mass is 316 g/mol. The number of benzene rings is 1. The van der Waals surface area contributed by atoms with Crippen molar-refractivity contribution < 1.29 is 24.9 Å². The van der Waals surface area contributed by atoms with Crippen molar-refractivity contribution in [2.45, 2.75) is 19.0 Å². The summed E-state index contributed by atoms with van der Waals surface area (Å²) in [5, 5.41) is 28.1. The second-order valence-corrected chi connectivity index (χ2v) is 4.99. The molecule has 0 saturated heterocycles. The number of amides is 1. The van der Waals surface area contributed by atoms with Crippen LogP contribution in [0.4, 0.5) is 4.79 Å². The lowest BCUT2D eigenvalue weighted by Gasteiger charge is -2.26. The molecule has 0 aliphatic rings. The summed E-state index contributed by atoms with van der Waals surface area (Å²) in [6.45, 7) is -0.0487. The first-order valence-corrected chi connectivity index (χ1v) is 6.86. The molecule has 2 rings (SSSR count). The number of nitrogens with zero attached hydrogens (tertiary/aromatic N) is 2. The van der Waals surface area contributed by atoms with Crippen LogP contribution >= 0.6 is 0 Å². The number of carboxylic acids is 1. The van der Waals surface area contributed by atoms with E-state index in [4.69, 9.17) is 0 Å². The summed E-state index contributed by atoms with van der Waals surface area (Å²) in [4.78, 5) is 27.8. The van der Waals surface area contributed by atoms with E-state index in [2.05, 4.69) is 4.98 Å². The van der Waals surface area contributed by atoms with Crippen molar-refractivity contribution in [2.24, 2.45) is 0 Å². The summed E-state index contributed by atoms with van der Waals surface area (Å²) in [5.41, 5.74) is 1.27. The summed E-state index contributed by atoms with van der Waals surface area (Å²) in [5.74, 6) is -1.16. The predicted octanol–water partition coefficient (Wildman–Crippen LogP) is 1.96. The molecule has 1 amide bonds. The number of pyridine rings is 1. The molecule has 0 bridgehead atoms. The number of hydrogen-bond donors (Lipinski definition) is 3. The average molecular weight is 316 g/mol. The second-order valence-electron chi connectivity index (χ2n) is 4.99. The Morgan fingerprint density at radius 1 is 1.00 bits per heavy atom. The normalized spacial score (nSPS) is 11.7. The predicted molar refractivity (Wildman–Crippen MR) is 81.0 cm³/mol. The molecule has 0 fully saturated rings. The Bertz CT molecular complexity index is 673. The van der Waals surface area contributed by atoms with E-state index in [0.29, 0.717) is 11.1 Å². The minimum absolute atomic E-state index is 0.00694. The van der Waals surface area contributed by atoms with Crippen molar-refractivity contribution in [1.29, 1.82) is 0 Å². The Morgan fingerprint density at radius 3 is 2.13 bits per heavy atom. The number of carboxylic acid groups (broad SMARTS) is 2. The Morgan fingerprint density at radius 2 is 1.61 bits per heavy atom. The molecule has 0 radical (unpaired) electrons. The molecule has 0 unspecified atom stereocenters. The Labute approximate surface area is 132 Å². The van der Waals surface area contributed by atoms with Gasteiger partial charge in [0.15, 0.2) is 0 Å². The summed E-state index contributed by atoms with van der Waals surface area (Å²) >= 11 is 0. The number of carbonyl (C=O) groups is 2. The van der Waals surface area contributed by atoms with E-state index in [1.165, 1.54) is 24.5 Å². The largest absolute Gasteiger partial charge is 0.508 e. The zero-order valence-corrected chi connectivity index (χ0v) is 12.2. The number of phenolic OH excluding ortho intramolecular Hbond substituents is 1. The minimum Gasteiger partial charge on any atom is -0.508 e. The number of hydrogen-bond acceptors (Lipinski definition) is 4. The zero-order chi connectivity index (χ0) is 16.8. The lowest BCUT2D eigenvalue weighted by atomic mass is 10.0. The number of aliphatic carboxylic acids is 1. The number of phenols is 1. The molecule has 2 aromatic rings. The van der Waals surface area contributed by atoms with Gasteiger partial charge >= 0.3 is 12.1 Å². The van der Waals surface area contributed by atoms with Crippen molar-refractivity contribution >= 4 is 12.1 Å². The van der Waals surface area contributed by atoms with Gasteiger partial charge in [-0.25, -0.2) is 9.59 Å². The SMILES string of the molecule is O=C(O)[C@H](Cc1ccc(O)cc1)N(Cc1ccncc1)C(=O)O. The van der Waals surface area contributed by atoms with Crippen LogP contribution in [0.2, 0.25) is 0 Å². The molecule has 120 valence electrons. The quantitative estimate of drug-likeness (QED) is 0.751. The van der Waals surface area contributed by atoms with E-state index in [0.717, 1.165) is 4.90 Å². The summed E-state index contributed by atoms with van der Waals surface area (Å²) < 4.78 is 0. The van der Waals surface area contributed by atoms with Gasteiger partial charge in [0.05, 0.1) is 6.54 Å². The van der Waals surface area contributed by atoms with Crippen LogP contribution in [0.3, 0.4) is 0 Å². The van der Waals surface area contributed by atoms with Crippen molar-refractivity contribution in [1.82, 2.24) is 9.88 Å². The molecule has 1 atom stereocenters. The molecule has 1 aromatic carbocycles. The number of rotatable bonds is 6. The van der Waals surface area contributed by atoms with Gasteiger partial charge < -0.3 is 15.3 Å². The maximum Gasteiger partial charge on any atom is 0.408 e. The van der Waals surface area contributed by atoms with E-state index in [1.807, 2.05) is 0 Å². The zero-order valence-electron chi connectivity index (χ0n) is 12.2. The first-order chi connectivity index (χ1) is 11.0. The molecule has 0 aliphatic carbocycles. The Kier molecular flexibility index (Phi) is 5.14. The standard InChI is InChI=1S/C16H16N2O5/c19-13-3-1-11(2-4-13)9-14(15(20)21)18(16(22)23)10-12-5-7-17-8-6-12/h1-8,14,19H,9-10H2,(H,20,21)(H,22,23)/t14-/m0/s1. The van der Waals surface area contributed by atoms with Crippen molar-refractivity contribution in [3.63, 3.8) is 0 Å². The average Bonchev–Trinajstić information content (AvgIpc) is 2.53. The van der Waals surface area contributed by atoms with E-state index in [1.54, 1.807) is 24.3 Å². The van der Waals surface area contributed by atoms with Gasteiger partial charge in [-0.1, -0.05) is 12.1 Å². The molecule has 0 aliphatic heterocycles. The van der Waals surface area contributed by atoms with Crippen LogP contribution in [-0.4, -0.2) is 43.3 Å². The smallest absolute Gasteiger partial charge is 0.408 e. The molecule has 1 heterocycles. The van der Waals surface area contributed by atoms with E-state index in [9.17, 15) is 24.9 Å². The van der Waals surface area contributed by atoms with Crippen molar-refractivity contribution in [2.75, 3.05) is 0 Å². The number of aromatic hydroxyl groups is 1. The lowest BCUT2D eigenvalue weighted by molar-refractivity contribution is -0.142. The summed E-state index contributed by atoms with van der Waals surface area (Å²) in [6.07, 6.45) is 1.73. The lowest BCUT2D eigenvalue weighted by Crippen LogP contribution is -2.45. The Balaban J connectivity index is 2.22. The highest BCUT2D eigenvalue weighted by atomic mass is 16.4. The van der Waals surface area contributed by atoms with Gasteiger partial charge in [0, 0.05) is 18.8 Å². The second kappa shape index (κ2) is 7.26. The fourth-order valence-corrected chi connectivity index (χ4v) is 2.18. The topological polar surface area (TPSA) is 111 Å². The molecule has 23 heavy (non-hydrogen) atoms. The first-order valence-electron chi connectivity index (χ1n) is 6.86. The molecular formula is C16H16N2O5. The highest BCUT2D eigenvalue weighted by Crippen LogP contribution is 2.16. The molecule has 7 heteroatoms. The van der Waals surface area contributed by atoms with Crippen LogP contribution in [0.5, 0.6) is 5.75 Å². The third kappa shape index (κ3) is 4.44. The van der Waals surface area contributed by atoms with Crippen LogP contribution in [0.1, 0.15) is 11.1 Å². The first kappa shape index (κ1) is 16.3. The van der Waals surface area contributed by atoms with Gasteiger partial charge in [-0.05, 0) is 35.4 Å². The molecule has 7 nitrogen and oxygen atoms in total. The van der Waals surface area contributed by atoms with Crippen LogP contribution in [0.15, 0.2) is 48.8 Å². The third-order valence-electron chi connectivity index (χ3n) is 3.37. The molecule has 1 aromatic heterocycles. The van der Waals surface area contributed by atoms with Crippen LogP contribution < -0.4 is 0 Å². The van der Waals surface area contributed by atoms with Gasteiger partial charge in [-0.3, -0.25) is 9.88 Å². The van der Waals surface area contributed by atoms with Crippen molar-refractivity contribution in [3.8, 4) is 5.75 Å². The van der Waals surface area contributed by atoms with Crippen LogP contribution in [0.25, 0.3) is 0 Å². The van der Waals surface area contributed by atoms with E-state index in [-0.39, 0.29) is 18.7 Å². The van der Waals surface area contributed by atoms with Crippen LogP contribution in [0, 0.1) is 0 Å². The summed E-state index contributed by atoms with van der Waals surface area (Å²) in [6, 6.07) is 8.04. The van der Waals surface area contributed by atoms with Gasteiger partial charge in [0.25, 0.3) is 0 Å². The molecule has 0 spiro atoms. The van der Waals surface area contributed by atoms with Gasteiger partial charge in [0.1, 0.15) is 11.8 Å². The fraction of sp³-hybridized carbons (Fsp3) is 0.188. The highest BCUT2D eigenvalue weighted by molar-refractivity contribution is 5.79. The molecular weight excluding hydrogens is 300 g/mol. The van der Waals surface area contributed by atoms with Gasteiger partial charge in [0.2, 0.25) is 0 Å². The molecule has 0 saturated carbocycles. The number of aromatic nitrogens is 1. The van der Waals surface area contributed by atoms with Crippen LogP contribution in [-0.2, 0) is 17.8 Å². The van der Waals surface area contributed by atoms with E-state index < -0.39 is 18.1 Å². The molecule has 3 N–H and O–H groups in total. The van der Waals surface area contributed by atoms with Gasteiger partial charge in [-0.2, -0.15) is 0 Å². The third-order valence-corrected chi connectivity index (χ3v) is 3.37. The van der Waals surface area contributed by atoms with Gasteiger partial charge in [-0.15, -0.1) is 0 Å². The fourth-order valence-electron chi connectivity index (χ4n) is 2.18. The maximum atomic E-state index is 11.5. The van der Waals surface area contributed by atoms with E-state index >= 15 is 0 Å². The Hall–Kier alpha value is -3.09. The maximum absolute atomic E-state index is 11.5. The minimum atomic E-state index is -1.31. The summed E-state index contributed by atoms with van der Waals surface area (Å²) in [7, 11) is 0.